The summed E-state index contributed by atoms with van der Waals surface area (Å²) >= 11 is 0. The molecular weight excluding hydrogens is 192 g/mol. The predicted molar refractivity (Wildman–Crippen MR) is 71.2 cm³/mol. The first-order valence-electron chi connectivity index (χ1n) is 6.32. The summed E-state index contributed by atoms with van der Waals surface area (Å²) < 4.78 is 0. The third kappa shape index (κ3) is 5.61. The molecule has 0 aliphatic rings. The van der Waals surface area contributed by atoms with E-state index in [0.29, 0.717) is 0 Å². The summed E-state index contributed by atoms with van der Waals surface area (Å²) in [7, 11) is 0. The molecule has 0 radical (unpaired) electrons. The molecule has 0 unspecified atom stereocenters. The molecule has 0 nitrogen and oxygen atoms in total. The van der Waals surface area contributed by atoms with E-state index in [1.165, 1.54) is 24.8 Å². The fourth-order valence-corrected chi connectivity index (χ4v) is 1.66. The van der Waals surface area contributed by atoms with Gasteiger partial charge in [0.25, 0.3) is 0 Å². The van der Waals surface area contributed by atoms with Gasteiger partial charge in [0.05, 0.1) is 0 Å². The van der Waals surface area contributed by atoms with E-state index >= 15 is 0 Å². The molecule has 0 heterocycles. The maximum absolute atomic E-state index is 3.29. The number of hydrogen-bond acceptors (Lipinski definition) is 0. The lowest BCUT2D eigenvalue weighted by molar-refractivity contribution is 0.518. The lowest BCUT2D eigenvalue weighted by atomic mass is 10.0. The molecule has 0 saturated carbocycles. The van der Waals surface area contributed by atoms with Crippen LogP contribution in [0.4, 0.5) is 0 Å². The minimum Gasteiger partial charge on any atom is -0.103 e. The van der Waals surface area contributed by atoms with E-state index in [1.807, 2.05) is 6.07 Å². The maximum Gasteiger partial charge on any atom is 0.0340 e. The van der Waals surface area contributed by atoms with Crippen LogP contribution in [-0.2, 0) is 6.42 Å². The van der Waals surface area contributed by atoms with Crippen LogP contribution in [0.1, 0.15) is 45.1 Å². The Kier molecular flexibility index (Phi) is 6.42. The highest BCUT2D eigenvalue weighted by molar-refractivity contribution is 5.20. The molecule has 1 rings (SSSR count). The average molecular weight is 214 g/mol. The fraction of sp³-hybridized carbons (Fsp3) is 0.500. The van der Waals surface area contributed by atoms with Crippen LogP contribution < -0.4 is 0 Å². The molecule has 16 heavy (non-hydrogen) atoms. The lowest BCUT2D eigenvalue weighted by Gasteiger charge is -2.04. The van der Waals surface area contributed by atoms with Gasteiger partial charge >= 0.3 is 0 Å². The third-order valence-electron chi connectivity index (χ3n) is 2.76. The van der Waals surface area contributed by atoms with Crippen LogP contribution in [0.25, 0.3) is 0 Å². The largest absolute Gasteiger partial charge is 0.103 e. The molecule has 0 spiro atoms. The first-order chi connectivity index (χ1) is 7.83. The molecule has 0 bridgehead atoms. The second-order valence-corrected chi connectivity index (χ2v) is 4.47. The van der Waals surface area contributed by atoms with Gasteiger partial charge in [-0.1, -0.05) is 62.9 Å². The van der Waals surface area contributed by atoms with Gasteiger partial charge in [-0.3, -0.25) is 0 Å². The topological polar surface area (TPSA) is 0 Å². The van der Waals surface area contributed by atoms with Crippen molar-refractivity contribution < 1.29 is 0 Å². The van der Waals surface area contributed by atoms with E-state index in [2.05, 4.69) is 50.0 Å². The fourth-order valence-electron chi connectivity index (χ4n) is 1.66. The molecule has 0 fully saturated rings. The van der Waals surface area contributed by atoms with Crippen molar-refractivity contribution in [1.29, 1.82) is 0 Å². The lowest BCUT2D eigenvalue weighted by Crippen LogP contribution is -1.92. The number of hydrogen-bond donors (Lipinski definition) is 0. The van der Waals surface area contributed by atoms with Crippen molar-refractivity contribution >= 4 is 0 Å². The minimum atomic E-state index is 0.753. The maximum atomic E-state index is 3.29. The molecule has 0 aliphatic carbocycles. The third-order valence-corrected chi connectivity index (χ3v) is 2.76. The van der Waals surface area contributed by atoms with Crippen LogP contribution in [0, 0.1) is 17.8 Å². The van der Waals surface area contributed by atoms with E-state index in [4.69, 9.17) is 0 Å². The summed E-state index contributed by atoms with van der Waals surface area (Å²) in [6, 6.07) is 10.5. The Morgan fingerprint density at radius 2 is 1.88 bits per heavy atom. The van der Waals surface area contributed by atoms with Crippen LogP contribution in [0.5, 0.6) is 0 Å². The van der Waals surface area contributed by atoms with E-state index in [1.54, 1.807) is 0 Å². The van der Waals surface area contributed by atoms with E-state index < -0.39 is 0 Å². The summed E-state index contributed by atoms with van der Waals surface area (Å²) in [5, 5.41) is 0. The number of rotatable bonds is 5. The minimum absolute atomic E-state index is 0.753. The average Bonchev–Trinajstić information content (AvgIpc) is 2.33. The van der Waals surface area contributed by atoms with Crippen molar-refractivity contribution in [3.05, 3.63) is 35.9 Å². The van der Waals surface area contributed by atoms with Crippen LogP contribution in [0.15, 0.2) is 30.3 Å². The molecule has 0 aliphatic heterocycles. The monoisotopic (exact) mass is 214 g/mol. The molecule has 86 valence electrons. The molecule has 1 aromatic carbocycles. The molecular formula is C16H22. The second-order valence-electron chi connectivity index (χ2n) is 4.47. The number of benzene rings is 1. The molecule has 0 saturated heterocycles. The van der Waals surface area contributed by atoms with Crippen LogP contribution in [0.2, 0.25) is 0 Å². The highest BCUT2D eigenvalue weighted by atomic mass is 14.0. The van der Waals surface area contributed by atoms with Gasteiger partial charge < -0.3 is 0 Å². The smallest absolute Gasteiger partial charge is 0.0340 e. The Bertz CT molecular complexity index is 326. The zero-order valence-electron chi connectivity index (χ0n) is 10.5. The Balaban J connectivity index is 2.23. The molecule has 0 heteroatoms. The Labute approximate surface area is 100 Å². The SMILES string of the molecule is CCCC[C@@H](C)CC#CCc1ccccc1. The molecule has 1 atom stereocenters. The van der Waals surface area contributed by atoms with Crippen molar-refractivity contribution in [2.75, 3.05) is 0 Å². The normalized spacial score (nSPS) is 11.6. The molecule has 0 amide bonds. The van der Waals surface area contributed by atoms with E-state index in [0.717, 1.165) is 18.8 Å². The molecule has 1 aromatic rings. The summed E-state index contributed by atoms with van der Waals surface area (Å²) in [6.07, 6.45) is 5.88. The zero-order chi connectivity index (χ0) is 11.6. The van der Waals surface area contributed by atoms with Crippen molar-refractivity contribution in [2.24, 2.45) is 5.92 Å². The van der Waals surface area contributed by atoms with Gasteiger partial charge in [-0.25, -0.2) is 0 Å². The van der Waals surface area contributed by atoms with Crippen LogP contribution in [-0.4, -0.2) is 0 Å². The van der Waals surface area contributed by atoms with Gasteiger partial charge in [0, 0.05) is 12.8 Å². The van der Waals surface area contributed by atoms with E-state index in [9.17, 15) is 0 Å². The standard InChI is InChI=1S/C16H22/c1-3-4-10-15(2)11-8-9-14-16-12-6-5-7-13-16/h5-7,12-13,15H,3-4,10-11,14H2,1-2H3/t15-/m1/s1. The van der Waals surface area contributed by atoms with Crippen molar-refractivity contribution in [3.8, 4) is 11.8 Å². The van der Waals surface area contributed by atoms with Gasteiger partial charge in [-0.15, -0.1) is 5.92 Å². The molecule has 0 N–H and O–H groups in total. The van der Waals surface area contributed by atoms with Gasteiger partial charge in [0.2, 0.25) is 0 Å². The van der Waals surface area contributed by atoms with E-state index in [-0.39, 0.29) is 0 Å². The van der Waals surface area contributed by atoms with Crippen molar-refractivity contribution in [1.82, 2.24) is 0 Å². The highest BCUT2D eigenvalue weighted by Crippen LogP contribution is 2.10. The summed E-state index contributed by atoms with van der Waals surface area (Å²) in [6.45, 7) is 4.54. The highest BCUT2D eigenvalue weighted by Gasteiger charge is 1.97. The van der Waals surface area contributed by atoms with Gasteiger partial charge in [0.15, 0.2) is 0 Å². The van der Waals surface area contributed by atoms with Gasteiger partial charge in [0.1, 0.15) is 0 Å². The summed E-state index contributed by atoms with van der Waals surface area (Å²) in [4.78, 5) is 0. The van der Waals surface area contributed by atoms with Crippen molar-refractivity contribution in [3.63, 3.8) is 0 Å². The predicted octanol–water partition coefficient (Wildman–Crippen LogP) is 4.45. The quantitative estimate of drug-likeness (QED) is 0.635. The summed E-state index contributed by atoms with van der Waals surface area (Å²) in [5.74, 6) is 7.30. The Morgan fingerprint density at radius 1 is 1.12 bits per heavy atom. The first kappa shape index (κ1) is 12.8. The Morgan fingerprint density at radius 3 is 2.56 bits per heavy atom. The van der Waals surface area contributed by atoms with Gasteiger partial charge in [-0.2, -0.15) is 0 Å². The van der Waals surface area contributed by atoms with Crippen LogP contribution in [0.3, 0.4) is 0 Å². The molecule has 0 aromatic heterocycles. The first-order valence-corrected chi connectivity index (χ1v) is 6.32. The van der Waals surface area contributed by atoms with Gasteiger partial charge in [-0.05, 0) is 17.9 Å². The Hall–Kier alpha value is -1.22. The second kappa shape index (κ2) is 7.99. The van der Waals surface area contributed by atoms with Crippen molar-refractivity contribution in [2.45, 2.75) is 46.0 Å². The summed E-state index contributed by atoms with van der Waals surface area (Å²) in [5.41, 5.74) is 1.32. The van der Waals surface area contributed by atoms with Crippen LogP contribution >= 0.6 is 0 Å². The number of unbranched alkanes of at least 4 members (excludes halogenated alkanes) is 1. The zero-order valence-corrected chi connectivity index (χ0v) is 10.5.